The average molecular weight is 314 g/mol. The van der Waals surface area contributed by atoms with Crippen LogP contribution in [0.25, 0.3) is 0 Å². The summed E-state index contributed by atoms with van der Waals surface area (Å²) in [6, 6.07) is 5.80. The first kappa shape index (κ1) is 17.5. The van der Waals surface area contributed by atoms with Gasteiger partial charge in [-0.3, -0.25) is 9.59 Å². The van der Waals surface area contributed by atoms with Gasteiger partial charge in [0.15, 0.2) is 0 Å². The van der Waals surface area contributed by atoms with Crippen molar-refractivity contribution in [1.29, 1.82) is 0 Å². The van der Waals surface area contributed by atoms with Gasteiger partial charge in [0.25, 0.3) is 0 Å². The van der Waals surface area contributed by atoms with E-state index in [0.717, 1.165) is 0 Å². The molecule has 21 heavy (non-hydrogen) atoms. The first-order valence-corrected chi connectivity index (χ1v) is 6.94. The van der Waals surface area contributed by atoms with Crippen LogP contribution < -0.4 is 5.73 Å². The molecule has 0 bridgehead atoms. The van der Waals surface area contributed by atoms with Gasteiger partial charge in [-0.2, -0.15) is 0 Å². The number of aliphatic carboxylic acids is 1. The predicted molar refractivity (Wildman–Crippen MR) is 80.3 cm³/mol. The summed E-state index contributed by atoms with van der Waals surface area (Å²) < 4.78 is 5.34. The van der Waals surface area contributed by atoms with E-state index in [1.807, 2.05) is 0 Å². The van der Waals surface area contributed by atoms with E-state index in [-0.39, 0.29) is 6.42 Å². The van der Waals surface area contributed by atoms with Crippen LogP contribution in [-0.2, 0) is 14.3 Å². The first-order valence-electron chi connectivity index (χ1n) is 6.56. The molecule has 0 aliphatic heterocycles. The van der Waals surface area contributed by atoms with Crippen LogP contribution in [0.1, 0.15) is 38.7 Å². The highest BCUT2D eigenvalue weighted by Crippen LogP contribution is 2.30. The van der Waals surface area contributed by atoms with Crippen LogP contribution in [0.4, 0.5) is 0 Å². The lowest BCUT2D eigenvalue weighted by molar-refractivity contribution is -0.157. The molecular weight excluding hydrogens is 294 g/mol. The second-order valence-corrected chi connectivity index (χ2v) is 6.20. The van der Waals surface area contributed by atoms with Crippen molar-refractivity contribution in [2.45, 2.75) is 44.8 Å². The number of hydrogen-bond donors (Lipinski definition) is 2. The van der Waals surface area contributed by atoms with E-state index in [9.17, 15) is 9.59 Å². The zero-order chi connectivity index (χ0) is 16.2. The zero-order valence-electron chi connectivity index (χ0n) is 12.3. The predicted octanol–water partition coefficient (Wildman–Crippen LogP) is 2.57. The molecular formula is C15H20ClNO4. The summed E-state index contributed by atoms with van der Waals surface area (Å²) in [4.78, 5) is 23.3. The molecule has 1 unspecified atom stereocenters. The van der Waals surface area contributed by atoms with Gasteiger partial charge in [0.1, 0.15) is 5.60 Å². The normalized spacial score (nSPS) is 14.3. The van der Waals surface area contributed by atoms with E-state index in [1.165, 1.54) is 0 Å². The van der Waals surface area contributed by atoms with Crippen molar-refractivity contribution in [2.24, 2.45) is 5.73 Å². The van der Waals surface area contributed by atoms with Gasteiger partial charge in [-0.25, -0.2) is 0 Å². The summed E-state index contributed by atoms with van der Waals surface area (Å²) in [6.45, 7) is 5.20. The molecule has 0 fully saturated rings. The summed E-state index contributed by atoms with van der Waals surface area (Å²) in [7, 11) is 0. The van der Waals surface area contributed by atoms with E-state index >= 15 is 0 Å². The van der Waals surface area contributed by atoms with E-state index in [0.29, 0.717) is 10.6 Å². The molecule has 1 aromatic rings. The Morgan fingerprint density at radius 2 is 1.90 bits per heavy atom. The minimum atomic E-state index is -1.08. The molecule has 0 amide bonds. The number of nitrogens with two attached hydrogens (primary N) is 1. The molecule has 0 radical (unpaired) electrons. The SMILES string of the molecule is CC(C)(C)OC(=O)C(c1ccccc1Cl)[C@H](N)CC(=O)O. The van der Waals surface area contributed by atoms with Crippen LogP contribution in [0.5, 0.6) is 0 Å². The molecule has 6 heteroatoms. The van der Waals surface area contributed by atoms with Gasteiger partial charge in [-0.15, -0.1) is 0 Å². The number of esters is 1. The fourth-order valence-corrected chi connectivity index (χ4v) is 2.20. The second kappa shape index (κ2) is 6.91. The number of carboxylic acid groups (broad SMARTS) is 1. The maximum atomic E-state index is 12.4. The molecule has 0 saturated heterocycles. The van der Waals surface area contributed by atoms with Gasteiger partial charge < -0.3 is 15.6 Å². The minimum absolute atomic E-state index is 0.352. The van der Waals surface area contributed by atoms with Gasteiger partial charge >= 0.3 is 11.9 Å². The number of benzene rings is 1. The molecule has 0 spiro atoms. The number of hydrogen-bond acceptors (Lipinski definition) is 4. The quantitative estimate of drug-likeness (QED) is 0.815. The van der Waals surface area contributed by atoms with E-state index < -0.39 is 29.5 Å². The van der Waals surface area contributed by atoms with E-state index in [2.05, 4.69) is 0 Å². The summed E-state index contributed by atoms with van der Waals surface area (Å²) in [5, 5.41) is 9.25. The van der Waals surface area contributed by atoms with Crippen molar-refractivity contribution in [1.82, 2.24) is 0 Å². The number of ether oxygens (including phenoxy) is 1. The first-order chi connectivity index (χ1) is 9.61. The monoisotopic (exact) mass is 313 g/mol. The van der Waals surface area contributed by atoms with Crippen molar-refractivity contribution in [3.05, 3.63) is 34.9 Å². The molecule has 5 nitrogen and oxygen atoms in total. The van der Waals surface area contributed by atoms with Gasteiger partial charge in [-0.1, -0.05) is 29.8 Å². The third-order valence-electron chi connectivity index (χ3n) is 2.74. The molecule has 2 atom stereocenters. The number of halogens is 1. The van der Waals surface area contributed by atoms with Gasteiger partial charge in [0.05, 0.1) is 12.3 Å². The fraction of sp³-hybridized carbons (Fsp3) is 0.467. The van der Waals surface area contributed by atoms with Crippen LogP contribution in [0.2, 0.25) is 5.02 Å². The molecule has 0 saturated carbocycles. The standard InChI is InChI=1S/C15H20ClNO4/c1-15(2,3)21-14(20)13(11(17)8-12(18)19)9-6-4-5-7-10(9)16/h4-7,11,13H,8,17H2,1-3H3,(H,18,19)/t11-,13?/m1/s1. The molecule has 0 aliphatic carbocycles. The minimum Gasteiger partial charge on any atom is -0.481 e. The number of carbonyl (C=O) groups is 2. The van der Waals surface area contributed by atoms with Gasteiger partial charge in [-0.05, 0) is 32.4 Å². The average Bonchev–Trinajstić information content (AvgIpc) is 2.28. The Hall–Kier alpha value is -1.59. The van der Waals surface area contributed by atoms with Crippen molar-refractivity contribution in [3.63, 3.8) is 0 Å². The summed E-state index contributed by atoms with van der Waals surface area (Å²) in [5.41, 5.74) is 5.68. The number of rotatable bonds is 5. The van der Waals surface area contributed by atoms with Crippen molar-refractivity contribution < 1.29 is 19.4 Å². The molecule has 1 aromatic carbocycles. The fourth-order valence-electron chi connectivity index (χ4n) is 1.94. The third-order valence-corrected chi connectivity index (χ3v) is 3.08. The highest BCUT2D eigenvalue weighted by molar-refractivity contribution is 6.31. The second-order valence-electron chi connectivity index (χ2n) is 5.79. The highest BCUT2D eigenvalue weighted by Gasteiger charge is 2.34. The maximum absolute atomic E-state index is 12.4. The molecule has 0 heterocycles. The Kier molecular flexibility index (Phi) is 5.75. The maximum Gasteiger partial charge on any atom is 0.315 e. The summed E-state index contributed by atoms with van der Waals surface area (Å²) in [5.74, 6) is -2.58. The van der Waals surface area contributed by atoms with Crippen molar-refractivity contribution in [2.75, 3.05) is 0 Å². The lowest BCUT2D eigenvalue weighted by Gasteiger charge is -2.27. The lowest BCUT2D eigenvalue weighted by atomic mass is 9.89. The topological polar surface area (TPSA) is 89.6 Å². The van der Waals surface area contributed by atoms with Crippen LogP contribution >= 0.6 is 11.6 Å². The molecule has 3 N–H and O–H groups in total. The van der Waals surface area contributed by atoms with Crippen molar-refractivity contribution in [3.8, 4) is 0 Å². The Labute approximate surface area is 129 Å². The Balaban J connectivity index is 3.14. The zero-order valence-corrected chi connectivity index (χ0v) is 13.1. The van der Waals surface area contributed by atoms with Gasteiger partial charge in [0.2, 0.25) is 0 Å². The van der Waals surface area contributed by atoms with E-state index in [1.54, 1.807) is 45.0 Å². The number of carboxylic acids is 1. The van der Waals surface area contributed by atoms with Gasteiger partial charge in [0, 0.05) is 11.1 Å². The molecule has 0 aliphatic rings. The Morgan fingerprint density at radius 3 is 2.38 bits per heavy atom. The number of carbonyl (C=O) groups excluding carboxylic acids is 1. The van der Waals surface area contributed by atoms with Crippen LogP contribution in [-0.4, -0.2) is 28.7 Å². The molecule has 1 rings (SSSR count). The van der Waals surface area contributed by atoms with Crippen molar-refractivity contribution >= 4 is 23.5 Å². The lowest BCUT2D eigenvalue weighted by Crippen LogP contribution is -2.39. The van der Waals surface area contributed by atoms with Crippen LogP contribution in [0, 0.1) is 0 Å². The summed E-state index contributed by atoms with van der Waals surface area (Å²) in [6.07, 6.45) is -0.352. The largest absolute Gasteiger partial charge is 0.481 e. The third kappa shape index (κ3) is 5.36. The van der Waals surface area contributed by atoms with E-state index in [4.69, 9.17) is 27.2 Å². The molecule has 0 aromatic heterocycles. The smallest absolute Gasteiger partial charge is 0.315 e. The van der Waals surface area contributed by atoms with Crippen LogP contribution in [0.3, 0.4) is 0 Å². The highest BCUT2D eigenvalue weighted by atomic mass is 35.5. The Bertz CT molecular complexity index is 525. The van der Waals surface area contributed by atoms with Crippen LogP contribution in [0.15, 0.2) is 24.3 Å². The summed E-state index contributed by atoms with van der Waals surface area (Å²) >= 11 is 6.10. The Morgan fingerprint density at radius 1 is 1.33 bits per heavy atom. The molecule has 116 valence electrons.